The number of amides is 1. The largest absolute Gasteiger partial charge is 0.493 e. The van der Waals surface area contributed by atoms with Crippen molar-refractivity contribution in [1.82, 2.24) is 15.2 Å². The number of fused-ring (bicyclic) bond motifs is 1. The Morgan fingerprint density at radius 1 is 0.923 bits per heavy atom. The van der Waals surface area contributed by atoms with E-state index in [4.69, 9.17) is 14.2 Å². The third-order valence-corrected chi connectivity index (χ3v) is 6.93. The van der Waals surface area contributed by atoms with E-state index in [1.165, 1.54) is 0 Å². The predicted molar refractivity (Wildman–Crippen MR) is 155 cm³/mol. The number of carbonyl (C=O) groups is 1. The predicted octanol–water partition coefficient (Wildman–Crippen LogP) is 5.50. The average Bonchev–Trinajstić information content (AvgIpc) is 2.97. The van der Waals surface area contributed by atoms with Crippen LogP contribution < -0.4 is 24.8 Å². The molecule has 0 spiro atoms. The van der Waals surface area contributed by atoms with Crippen LogP contribution in [0.4, 0.5) is 11.5 Å². The van der Waals surface area contributed by atoms with Gasteiger partial charge in [-0.2, -0.15) is 0 Å². The van der Waals surface area contributed by atoms with Gasteiger partial charge < -0.3 is 29.7 Å². The minimum atomic E-state index is -0.0312. The Kier molecular flexibility index (Phi) is 7.84. The lowest BCUT2D eigenvalue weighted by Gasteiger charge is -2.26. The molecule has 0 bridgehead atoms. The minimum absolute atomic E-state index is 0.0312. The van der Waals surface area contributed by atoms with E-state index in [2.05, 4.69) is 15.6 Å². The Hall–Kier alpha value is -4.30. The maximum Gasteiger partial charge on any atom is 0.253 e. The van der Waals surface area contributed by atoms with E-state index >= 15 is 0 Å². The topological polar surface area (TPSA) is 85.0 Å². The number of nitrogens with zero attached hydrogens (tertiary/aromatic N) is 2. The highest BCUT2D eigenvalue weighted by Gasteiger charge is 2.20. The average molecular weight is 527 g/mol. The van der Waals surface area contributed by atoms with Crippen LogP contribution in [0.1, 0.15) is 23.2 Å². The molecule has 0 aliphatic carbocycles. The molecule has 4 aromatic rings. The number of methoxy groups -OCH3 is 2. The monoisotopic (exact) mass is 526 g/mol. The Bertz CT molecular complexity index is 1460. The number of pyridine rings is 1. The summed E-state index contributed by atoms with van der Waals surface area (Å²) in [6.07, 6.45) is 3.91. The van der Waals surface area contributed by atoms with Crippen molar-refractivity contribution in [2.24, 2.45) is 0 Å². The van der Waals surface area contributed by atoms with Crippen molar-refractivity contribution in [1.29, 1.82) is 0 Å². The molecule has 0 atom stereocenters. The fourth-order valence-electron chi connectivity index (χ4n) is 4.85. The molecule has 202 valence electrons. The van der Waals surface area contributed by atoms with E-state index in [0.717, 1.165) is 59.3 Å². The number of rotatable bonds is 8. The molecule has 1 aliphatic rings. The molecule has 0 saturated carbocycles. The highest BCUT2D eigenvalue weighted by molar-refractivity contribution is 6.01. The fraction of sp³-hybridized carbons (Fsp3) is 0.290. The van der Waals surface area contributed by atoms with Crippen LogP contribution in [0.2, 0.25) is 0 Å². The van der Waals surface area contributed by atoms with Crippen LogP contribution in [0.3, 0.4) is 0 Å². The molecule has 1 aromatic heterocycles. The number of anilines is 2. The summed E-state index contributed by atoms with van der Waals surface area (Å²) in [4.78, 5) is 18.7. The summed E-state index contributed by atoms with van der Waals surface area (Å²) in [7, 11) is 6.74. The summed E-state index contributed by atoms with van der Waals surface area (Å²) in [5.74, 6) is 2.77. The lowest BCUT2D eigenvalue weighted by atomic mass is 9.96. The van der Waals surface area contributed by atoms with Gasteiger partial charge >= 0.3 is 0 Å². The van der Waals surface area contributed by atoms with Gasteiger partial charge in [0.15, 0.2) is 11.5 Å². The zero-order valence-electron chi connectivity index (χ0n) is 22.8. The van der Waals surface area contributed by atoms with Gasteiger partial charge in [0.05, 0.1) is 14.2 Å². The summed E-state index contributed by atoms with van der Waals surface area (Å²) >= 11 is 0. The number of piperidine rings is 1. The Labute approximate surface area is 228 Å². The summed E-state index contributed by atoms with van der Waals surface area (Å²) in [6, 6.07) is 19.5. The molecule has 39 heavy (non-hydrogen) atoms. The standard InChI is InChI=1S/C31H34N4O4/c1-35(2)31(36)21-7-5-20(6-8-21)30-25-18-29(34-23-10-12-26(37-3)28(17-23)38-4)33-19-22(25)9-11-27(30)39-24-13-15-32-16-14-24/h5-12,17-19,24,32H,13-16H2,1-4H3,(H,33,34). The molecular formula is C31H34N4O4. The quantitative estimate of drug-likeness (QED) is 0.314. The molecule has 1 amide bonds. The number of aromatic nitrogens is 1. The molecule has 1 saturated heterocycles. The van der Waals surface area contributed by atoms with Gasteiger partial charge in [-0.05, 0) is 79.3 Å². The van der Waals surface area contributed by atoms with Crippen molar-refractivity contribution >= 4 is 28.2 Å². The molecule has 3 aromatic carbocycles. The summed E-state index contributed by atoms with van der Waals surface area (Å²) in [5.41, 5.74) is 3.42. The highest BCUT2D eigenvalue weighted by atomic mass is 16.5. The van der Waals surface area contributed by atoms with Gasteiger partial charge in [-0.25, -0.2) is 4.98 Å². The van der Waals surface area contributed by atoms with E-state index < -0.39 is 0 Å². The van der Waals surface area contributed by atoms with Gasteiger partial charge in [0.1, 0.15) is 17.7 Å². The van der Waals surface area contributed by atoms with Crippen molar-refractivity contribution in [3.05, 3.63) is 72.4 Å². The molecule has 2 N–H and O–H groups in total. The van der Waals surface area contributed by atoms with Crippen LogP contribution in [-0.4, -0.2) is 63.3 Å². The molecule has 0 radical (unpaired) electrons. The van der Waals surface area contributed by atoms with Crippen LogP contribution in [0.15, 0.2) is 66.9 Å². The van der Waals surface area contributed by atoms with Gasteiger partial charge in [-0.3, -0.25) is 4.79 Å². The summed E-state index contributed by atoms with van der Waals surface area (Å²) < 4.78 is 17.4. The Balaban J connectivity index is 1.57. The zero-order chi connectivity index (χ0) is 27.4. The first-order valence-electron chi connectivity index (χ1n) is 13.1. The normalized spacial score (nSPS) is 13.6. The number of carbonyl (C=O) groups excluding carboxylic acids is 1. The third kappa shape index (κ3) is 5.76. The molecule has 8 nitrogen and oxygen atoms in total. The van der Waals surface area contributed by atoms with Gasteiger partial charge in [0, 0.05) is 48.6 Å². The maximum absolute atomic E-state index is 12.5. The molecule has 1 aliphatic heterocycles. The van der Waals surface area contributed by atoms with E-state index in [1.807, 2.05) is 66.9 Å². The second kappa shape index (κ2) is 11.6. The molecule has 8 heteroatoms. The molecule has 1 fully saturated rings. The van der Waals surface area contributed by atoms with Gasteiger partial charge in [-0.1, -0.05) is 12.1 Å². The first-order chi connectivity index (χ1) is 19.0. The maximum atomic E-state index is 12.5. The lowest BCUT2D eigenvalue weighted by molar-refractivity contribution is 0.0827. The van der Waals surface area contributed by atoms with Crippen molar-refractivity contribution in [2.45, 2.75) is 18.9 Å². The van der Waals surface area contributed by atoms with Gasteiger partial charge in [0.2, 0.25) is 0 Å². The van der Waals surface area contributed by atoms with E-state index in [0.29, 0.717) is 22.9 Å². The van der Waals surface area contributed by atoms with Crippen LogP contribution in [-0.2, 0) is 0 Å². The molecule has 0 unspecified atom stereocenters. The number of hydrogen-bond donors (Lipinski definition) is 2. The number of hydrogen-bond acceptors (Lipinski definition) is 7. The highest BCUT2D eigenvalue weighted by Crippen LogP contribution is 2.39. The zero-order valence-corrected chi connectivity index (χ0v) is 22.8. The van der Waals surface area contributed by atoms with E-state index in [9.17, 15) is 4.79 Å². The third-order valence-electron chi connectivity index (χ3n) is 6.93. The lowest BCUT2D eigenvalue weighted by Crippen LogP contribution is -2.34. The van der Waals surface area contributed by atoms with Crippen LogP contribution in [0.5, 0.6) is 17.2 Å². The van der Waals surface area contributed by atoms with Crippen LogP contribution in [0.25, 0.3) is 21.9 Å². The first-order valence-corrected chi connectivity index (χ1v) is 13.1. The van der Waals surface area contributed by atoms with Crippen molar-refractivity contribution in [3.63, 3.8) is 0 Å². The van der Waals surface area contributed by atoms with Gasteiger partial charge in [-0.15, -0.1) is 0 Å². The van der Waals surface area contributed by atoms with Crippen molar-refractivity contribution < 1.29 is 19.0 Å². The Morgan fingerprint density at radius 3 is 2.33 bits per heavy atom. The van der Waals surface area contributed by atoms with Crippen LogP contribution in [0, 0.1) is 0 Å². The number of benzene rings is 3. The number of ether oxygens (including phenoxy) is 3. The van der Waals surface area contributed by atoms with E-state index in [-0.39, 0.29) is 12.0 Å². The fourth-order valence-corrected chi connectivity index (χ4v) is 4.85. The van der Waals surface area contributed by atoms with Crippen molar-refractivity contribution in [2.75, 3.05) is 46.7 Å². The first kappa shape index (κ1) is 26.3. The minimum Gasteiger partial charge on any atom is -0.493 e. The van der Waals surface area contributed by atoms with Crippen molar-refractivity contribution in [3.8, 4) is 28.4 Å². The van der Waals surface area contributed by atoms with Gasteiger partial charge in [0.25, 0.3) is 5.91 Å². The SMILES string of the molecule is COc1ccc(Nc2cc3c(-c4ccc(C(=O)N(C)C)cc4)c(OC4CCNCC4)ccc3cn2)cc1OC. The second-order valence-electron chi connectivity index (χ2n) is 9.77. The summed E-state index contributed by atoms with van der Waals surface area (Å²) in [6.45, 7) is 1.89. The van der Waals surface area contributed by atoms with Crippen LogP contribution >= 0.6 is 0 Å². The molecule has 2 heterocycles. The number of nitrogens with one attached hydrogen (secondary N) is 2. The van der Waals surface area contributed by atoms with E-state index in [1.54, 1.807) is 33.2 Å². The summed E-state index contributed by atoms with van der Waals surface area (Å²) in [5, 5.41) is 8.79. The second-order valence-corrected chi connectivity index (χ2v) is 9.77. The smallest absolute Gasteiger partial charge is 0.253 e. The molecule has 5 rings (SSSR count). The molecular weight excluding hydrogens is 492 g/mol. The Morgan fingerprint density at radius 2 is 1.64 bits per heavy atom.